The Labute approximate surface area is 181 Å². The van der Waals surface area contributed by atoms with E-state index in [1.165, 1.54) is 19.2 Å². The summed E-state index contributed by atoms with van der Waals surface area (Å²) in [5, 5.41) is 2.74. The number of nitrogens with one attached hydrogen (secondary N) is 1. The molecule has 8 heteroatoms. The van der Waals surface area contributed by atoms with E-state index in [2.05, 4.69) is 5.32 Å². The summed E-state index contributed by atoms with van der Waals surface area (Å²) in [4.78, 5) is 24.4. The molecule has 7 nitrogen and oxygen atoms in total. The molecule has 0 saturated heterocycles. The number of ether oxygens (including phenoxy) is 1. The molecular weight excluding hydrogens is 416 g/mol. The van der Waals surface area contributed by atoms with Crippen LogP contribution in [0.3, 0.4) is 0 Å². The van der Waals surface area contributed by atoms with Gasteiger partial charge in [0, 0.05) is 18.3 Å². The maximum absolute atomic E-state index is 12.7. The lowest BCUT2D eigenvalue weighted by atomic mass is 10.1. The van der Waals surface area contributed by atoms with Crippen LogP contribution in [0.5, 0.6) is 0 Å². The van der Waals surface area contributed by atoms with Crippen LogP contribution in [0.25, 0.3) is 0 Å². The topological polar surface area (TPSA) is 92.8 Å². The van der Waals surface area contributed by atoms with E-state index in [9.17, 15) is 18.0 Å². The van der Waals surface area contributed by atoms with Crippen LogP contribution in [0.15, 0.2) is 83.8 Å². The van der Waals surface area contributed by atoms with Gasteiger partial charge < -0.3 is 10.1 Å². The molecule has 0 bridgehead atoms. The van der Waals surface area contributed by atoms with Gasteiger partial charge in [-0.15, -0.1) is 0 Å². The third-order valence-corrected chi connectivity index (χ3v) is 6.35. The van der Waals surface area contributed by atoms with E-state index >= 15 is 0 Å². The fourth-order valence-electron chi connectivity index (χ4n) is 2.82. The average molecular weight is 439 g/mol. The Morgan fingerprint density at radius 1 is 0.871 bits per heavy atom. The normalized spacial score (nSPS) is 10.9. The fraction of sp³-hybridized carbons (Fsp3) is 0.130. The zero-order valence-electron chi connectivity index (χ0n) is 17.1. The van der Waals surface area contributed by atoms with E-state index in [0.29, 0.717) is 22.5 Å². The van der Waals surface area contributed by atoms with Gasteiger partial charge in [-0.1, -0.05) is 18.2 Å². The van der Waals surface area contributed by atoms with Gasteiger partial charge in [-0.05, 0) is 67.6 Å². The lowest BCUT2D eigenvalue weighted by molar-refractivity contribution is 0.0526. The number of anilines is 2. The summed E-state index contributed by atoms with van der Waals surface area (Å²) in [5.41, 5.74) is 1.71. The Kier molecular flexibility index (Phi) is 6.71. The van der Waals surface area contributed by atoms with Crippen molar-refractivity contribution in [2.24, 2.45) is 0 Å². The smallest absolute Gasteiger partial charge is 0.338 e. The van der Waals surface area contributed by atoms with Crippen molar-refractivity contribution in [3.63, 3.8) is 0 Å². The second kappa shape index (κ2) is 9.44. The van der Waals surface area contributed by atoms with Crippen LogP contribution in [0.2, 0.25) is 0 Å². The standard InChI is InChI=1S/C23H22N2O5S/c1-3-30-23(27)18-9-13-19(14-10-18)24-22(26)17-11-15-20(16-12-17)25(2)31(28,29)21-7-5-4-6-8-21/h4-16H,3H2,1-2H3,(H,24,26). The molecule has 0 spiro atoms. The van der Waals surface area contributed by atoms with Crippen LogP contribution in [0, 0.1) is 0 Å². The number of hydrogen-bond acceptors (Lipinski definition) is 5. The van der Waals surface area contributed by atoms with Crippen LogP contribution >= 0.6 is 0 Å². The summed E-state index contributed by atoms with van der Waals surface area (Å²) in [6.07, 6.45) is 0. The summed E-state index contributed by atoms with van der Waals surface area (Å²) in [7, 11) is -2.23. The molecule has 0 saturated carbocycles. The fourth-order valence-corrected chi connectivity index (χ4v) is 4.04. The van der Waals surface area contributed by atoms with Crippen molar-refractivity contribution in [3.8, 4) is 0 Å². The van der Waals surface area contributed by atoms with E-state index in [1.807, 2.05) is 0 Å². The van der Waals surface area contributed by atoms with Crippen LogP contribution in [-0.2, 0) is 14.8 Å². The lowest BCUT2D eigenvalue weighted by Crippen LogP contribution is -2.26. The Morgan fingerprint density at radius 3 is 2.03 bits per heavy atom. The average Bonchev–Trinajstić information content (AvgIpc) is 2.80. The quantitative estimate of drug-likeness (QED) is 0.564. The van der Waals surface area contributed by atoms with Crippen LogP contribution in [0.1, 0.15) is 27.6 Å². The summed E-state index contributed by atoms with van der Waals surface area (Å²) in [6.45, 7) is 2.02. The van der Waals surface area contributed by atoms with Crippen LogP contribution in [0.4, 0.5) is 11.4 Å². The summed E-state index contributed by atoms with van der Waals surface area (Å²) < 4.78 is 31.5. The van der Waals surface area contributed by atoms with Gasteiger partial charge in [0.05, 0.1) is 22.8 Å². The van der Waals surface area contributed by atoms with Crippen molar-refractivity contribution in [2.45, 2.75) is 11.8 Å². The molecular formula is C23H22N2O5S. The number of carbonyl (C=O) groups excluding carboxylic acids is 2. The molecule has 3 aromatic rings. The van der Waals surface area contributed by atoms with Crippen molar-refractivity contribution < 1.29 is 22.7 Å². The predicted octanol–water partition coefficient (Wildman–Crippen LogP) is 3.94. The van der Waals surface area contributed by atoms with Gasteiger partial charge in [-0.3, -0.25) is 9.10 Å². The first kappa shape index (κ1) is 22.0. The second-order valence-electron chi connectivity index (χ2n) is 6.58. The Bertz CT molecular complexity index is 1160. The number of benzene rings is 3. The molecule has 1 amide bonds. The van der Waals surface area contributed by atoms with Gasteiger partial charge in [0.1, 0.15) is 0 Å². The van der Waals surface area contributed by atoms with Crippen molar-refractivity contribution in [1.82, 2.24) is 0 Å². The zero-order chi connectivity index (χ0) is 22.4. The molecule has 1 N–H and O–H groups in total. The minimum atomic E-state index is -3.69. The Balaban J connectivity index is 1.70. The number of rotatable bonds is 7. The highest BCUT2D eigenvalue weighted by molar-refractivity contribution is 7.92. The van der Waals surface area contributed by atoms with Gasteiger partial charge in [0.2, 0.25) is 0 Å². The number of carbonyl (C=O) groups is 2. The third kappa shape index (κ3) is 5.10. The monoisotopic (exact) mass is 438 g/mol. The first-order valence-electron chi connectivity index (χ1n) is 9.55. The van der Waals surface area contributed by atoms with Crippen molar-refractivity contribution in [2.75, 3.05) is 23.3 Å². The summed E-state index contributed by atoms with van der Waals surface area (Å²) in [6, 6.07) is 20.7. The highest BCUT2D eigenvalue weighted by Gasteiger charge is 2.21. The molecule has 160 valence electrons. The van der Waals surface area contributed by atoms with E-state index in [4.69, 9.17) is 4.74 Å². The van der Waals surface area contributed by atoms with Crippen LogP contribution in [-0.4, -0.2) is 33.9 Å². The van der Waals surface area contributed by atoms with E-state index in [1.54, 1.807) is 73.7 Å². The van der Waals surface area contributed by atoms with Gasteiger partial charge >= 0.3 is 5.97 Å². The SMILES string of the molecule is CCOC(=O)c1ccc(NC(=O)c2ccc(N(C)S(=O)(=O)c3ccccc3)cc2)cc1. The number of nitrogens with zero attached hydrogens (tertiary/aromatic N) is 1. The second-order valence-corrected chi connectivity index (χ2v) is 8.55. The summed E-state index contributed by atoms with van der Waals surface area (Å²) in [5.74, 6) is -0.783. The van der Waals surface area contributed by atoms with E-state index < -0.39 is 16.0 Å². The van der Waals surface area contributed by atoms with Crippen molar-refractivity contribution in [3.05, 3.63) is 90.0 Å². The molecule has 0 heterocycles. The van der Waals surface area contributed by atoms with Crippen LogP contribution < -0.4 is 9.62 Å². The number of sulfonamides is 1. The first-order chi connectivity index (χ1) is 14.8. The lowest BCUT2D eigenvalue weighted by Gasteiger charge is -2.19. The Morgan fingerprint density at radius 2 is 1.45 bits per heavy atom. The molecule has 0 atom stereocenters. The molecule has 3 aromatic carbocycles. The highest BCUT2D eigenvalue weighted by atomic mass is 32.2. The largest absolute Gasteiger partial charge is 0.462 e. The van der Waals surface area contributed by atoms with Gasteiger partial charge in [0.25, 0.3) is 15.9 Å². The maximum atomic E-state index is 12.7. The third-order valence-electron chi connectivity index (χ3n) is 4.55. The van der Waals surface area contributed by atoms with Gasteiger partial charge in [-0.25, -0.2) is 13.2 Å². The number of hydrogen-bond donors (Lipinski definition) is 1. The van der Waals surface area contributed by atoms with Gasteiger partial charge in [0.15, 0.2) is 0 Å². The molecule has 0 fully saturated rings. The van der Waals surface area contributed by atoms with Crippen molar-refractivity contribution >= 4 is 33.3 Å². The van der Waals surface area contributed by atoms with Gasteiger partial charge in [-0.2, -0.15) is 0 Å². The Hall–Kier alpha value is -3.65. The molecule has 0 aliphatic carbocycles. The molecule has 31 heavy (non-hydrogen) atoms. The molecule has 0 radical (unpaired) electrons. The number of amides is 1. The summed E-state index contributed by atoms with van der Waals surface area (Å²) >= 11 is 0. The molecule has 0 unspecified atom stereocenters. The number of esters is 1. The zero-order valence-corrected chi connectivity index (χ0v) is 17.9. The minimum absolute atomic E-state index is 0.186. The van der Waals surface area contributed by atoms with Crippen molar-refractivity contribution in [1.29, 1.82) is 0 Å². The predicted molar refractivity (Wildman–Crippen MR) is 119 cm³/mol. The minimum Gasteiger partial charge on any atom is -0.462 e. The molecule has 0 aliphatic rings. The maximum Gasteiger partial charge on any atom is 0.338 e. The molecule has 0 aromatic heterocycles. The first-order valence-corrected chi connectivity index (χ1v) is 11.0. The van der Waals surface area contributed by atoms with E-state index in [0.717, 1.165) is 4.31 Å². The van der Waals surface area contributed by atoms with E-state index in [-0.39, 0.29) is 17.4 Å². The highest BCUT2D eigenvalue weighted by Crippen LogP contribution is 2.22. The molecule has 0 aliphatic heterocycles. The molecule has 3 rings (SSSR count).